The van der Waals surface area contributed by atoms with Crippen LogP contribution in [-0.2, 0) is 9.84 Å². The minimum absolute atomic E-state index is 0.0123. The number of allylic oxidation sites excluding steroid dienone is 1. The normalized spacial score (nSPS) is 22.5. The Balaban J connectivity index is 1.47. The molecule has 1 unspecified atom stereocenters. The largest absolute Gasteiger partial charge is 0.383 e. The molecule has 3 aliphatic rings. The number of nitrogens with one attached hydrogen (secondary N) is 3. The lowest BCUT2D eigenvalue weighted by molar-refractivity contribution is 0.171. The van der Waals surface area contributed by atoms with Gasteiger partial charge in [-0.25, -0.2) is 8.42 Å². The van der Waals surface area contributed by atoms with Crippen molar-refractivity contribution >= 4 is 26.8 Å². The third kappa shape index (κ3) is 5.92. The number of hydrogen-bond acceptors (Lipinski definition) is 7. The lowest BCUT2D eigenvalue weighted by Crippen LogP contribution is -2.39. The highest BCUT2D eigenvalue weighted by Crippen LogP contribution is 2.36. The average molecular weight is 536 g/mol. The van der Waals surface area contributed by atoms with Gasteiger partial charge >= 0.3 is 0 Å². The number of nitrogens with two attached hydrogens (primary N) is 1. The van der Waals surface area contributed by atoms with Crippen LogP contribution in [0.15, 0.2) is 59.1 Å². The van der Waals surface area contributed by atoms with E-state index in [1.807, 2.05) is 13.0 Å². The highest BCUT2D eigenvalue weighted by atomic mass is 32.2. The molecule has 8 heteroatoms. The molecule has 2 aromatic carbocycles. The monoisotopic (exact) mass is 535 g/mol. The Morgan fingerprint density at radius 1 is 1.08 bits per heavy atom. The smallest absolute Gasteiger partial charge is 0.175 e. The van der Waals surface area contributed by atoms with E-state index in [1.54, 1.807) is 18.2 Å². The molecule has 1 fully saturated rings. The third-order valence-corrected chi connectivity index (χ3v) is 9.44. The quantitative estimate of drug-likeness (QED) is 0.311. The number of hydrazine groups is 1. The van der Waals surface area contributed by atoms with E-state index in [9.17, 15) is 8.42 Å². The van der Waals surface area contributed by atoms with Gasteiger partial charge in [-0.05, 0) is 73.6 Å². The van der Waals surface area contributed by atoms with Gasteiger partial charge < -0.3 is 16.1 Å². The predicted octanol–water partition coefficient (Wildman–Crippen LogP) is 4.81. The Hall–Kier alpha value is -2.81. The second kappa shape index (κ2) is 11.5. The van der Waals surface area contributed by atoms with E-state index in [0.717, 1.165) is 61.2 Å². The van der Waals surface area contributed by atoms with E-state index in [-0.39, 0.29) is 6.04 Å². The maximum atomic E-state index is 12.2. The molecule has 0 saturated heterocycles. The summed E-state index contributed by atoms with van der Waals surface area (Å²) >= 11 is 0. The van der Waals surface area contributed by atoms with Crippen molar-refractivity contribution in [1.82, 2.24) is 15.6 Å². The summed E-state index contributed by atoms with van der Waals surface area (Å²) in [7, 11) is -3.28. The zero-order chi connectivity index (χ0) is 26.7. The molecule has 1 saturated carbocycles. The van der Waals surface area contributed by atoms with Crippen LogP contribution in [0.1, 0.15) is 74.6 Å². The zero-order valence-electron chi connectivity index (χ0n) is 22.6. The van der Waals surface area contributed by atoms with Crippen molar-refractivity contribution in [2.24, 2.45) is 5.84 Å². The molecule has 0 radical (unpaired) electrons. The van der Waals surface area contributed by atoms with Crippen LogP contribution < -0.4 is 21.9 Å². The molecule has 1 atom stereocenters. The molecule has 5 rings (SSSR count). The lowest BCUT2D eigenvalue weighted by Gasteiger charge is -2.36. The fraction of sp³-hybridized carbons (Fsp3) is 0.467. The Kier molecular flexibility index (Phi) is 8.12. The molecule has 0 bridgehead atoms. The second-order valence-electron chi connectivity index (χ2n) is 10.9. The van der Waals surface area contributed by atoms with E-state index in [1.165, 1.54) is 55.1 Å². The van der Waals surface area contributed by atoms with Gasteiger partial charge in [-0.1, -0.05) is 43.5 Å². The summed E-state index contributed by atoms with van der Waals surface area (Å²) in [5.74, 6) is 5.81. The van der Waals surface area contributed by atoms with Crippen LogP contribution in [-0.4, -0.2) is 45.2 Å². The summed E-state index contributed by atoms with van der Waals surface area (Å²) in [5.41, 5.74) is 10.5. The molecule has 0 amide bonds. The van der Waals surface area contributed by atoms with Crippen molar-refractivity contribution in [2.75, 3.05) is 31.2 Å². The molecule has 0 spiro atoms. The highest BCUT2D eigenvalue weighted by molar-refractivity contribution is 7.90. The first-order valence-electron chi connectivity index (χ1n) is 13.9. The predicted molar refractivity (Wildman–Crippen MR) is 156 cm³/mol. The standard InChI is InChI=1S/C30H41N5O2S/c1-21(34-31)30-27-12-11-23(22-14-17-35(18-15-22)25-8-4-3-5-9-25)19-28(27)29(13-16-32-30)33-24-7-6-10-26(20-24)38(2,36)37/h6-7,10-12,14,19-20,25,29,32-34H,3-5,8-9,13,15-18,31H2,1-2H3/b30-21-. The Bertz CT molecular complexity index is 1330. The van der Waals surface area contributed by atoms with Gasteiger partial charge in [0.15, 0.2) is 9.84 Å². The molecular weight excluding hydrogens is 494 g/mol. The van der Waals surface area contributed by atoms with Crippen LogP contribution in [0.25, 0.3) is 11.3 Å². The van der Waals surface area contributed by atoms with E-state index < -0.39 is 9.84 Å². The van der Waals surface area contributed by atoms with Crippen LogP contribution in [0, 0.1) is 0 Å². The minimum Gasteiger partial charge on any atom is -0.383 e. The molecule has 2 heterocycles. The van der Waals surface area contributed by atoms with Crippen LogP contribution >= 0.6 is 0 Å². The Morgan fingerprint density at radius 3 is 2.61 bits per heavy atom. The van der Waals surface area contributed by atoms with Gasteiger partial charge in [0.25, 0.3) is 0 Å². The number of sulfone groups is 1. The van der Waals surface area contributed by atoms with Gasteiger partial charge in [0.2, 0.25) is 0 Å². The molecule has 204 valence electrons. The minimum atomic E-state index is -3.28. The van der Waals surface area contributed by atoms with E-state index >= 15 is 0 Å². The Morgan fingerprint density at radius 2 is 1.89 bits per heavy atom. The number of rotatable bonds is 6. The fourth-order valence-corrected chi connectivity index (χ4v) is 6.84. The number of nitrogens with zero attached hydrogens (tertiary/aromatic N) is 1. The summed E-state index contributed by atoms with van der Waals surface area (Å²) in [5, 5.41) is 7.20. The molecule has 2 aliphatic heterocycles. The maximum absolute atomic E-state index is 12.2. The third-order valence-electron chi connectivity index (χ3n) is 8.33. The van der Waals surface area contributed by atoms with Crippen molar-refractivity contribution in [2.45, 2.75) is 68.8 Å². The van der Waals surface area contributed by atoms with E-state index in [0.29, 0.717) is 4.90 Å². The van der Waals surface area contributed by atoms with Crippen molar-refractivity contribution in [3.05, 3.63) is 70.9 Å². The van der Waals surface area contributed by atoms with Crippen molar-refractivity contribution in [3.8, 4) is 0 Å². The molecular formula is C30H41N5O2S. The fourth-order valence-electron chi connectivity index (χ4n) is 6.17. The number of anilines is 1. The van der Waals surface area contributed by atoms with Crippen molar-refractivity contribution < 1.29 is 8.42 Å². The SMILES string of the molecule is C/C(NN)=C1/NCCC(Nc2cccc(S(C)(=O)=O)c2)c2cc(C3=CCN(C4CCCCC4)CC3)ccc21. The number of hydrogen-bond donors (Lipinski definition) is 4. The number of benzene rings is 2. The number of fused-ring (bicyclic) bond motifs is 1. The summed E-state index contributed by atoms with van der Waals surface area (Å²) in [6.45, 7) is 4.89. The van der Waals surface area contributed by atoms with Gasteiger partial charge in [-0.15, -0.1) is 0 Å². The van der Waals surface area contributed by atoms with Gasteiger partial charge in [0.1, 0.15) is 0 Å². The van der Waals surface area contributed by atoms with E-state index in [4.69, 9.17) is 5.84 Å². The van der Waals surface area contributed by atoms with Gasteiger partial charge in [-0.3, -0.25) is 10.7 Å². The highest BCUT2D eigenvalue weighted by Gasteiger charge is 2.26. The van der Waals surface area contributed by atoms with Crippen LogP contribution in [0.5, 0.6) is 0 Å². The summed E-state index contributed by atoms with van der Waals surface area (Å²) < 4.78 is 24.3. The van der Waals surface area contributed by atoms with Gasteiger partial charge in [0, 0.05) is 48.9 Å². The van der Waals surface area contributed by atoms with Crippen LogP contribution in [0.2, 0.25) is 0 Å². The first kappa shape index (κ1) is 26.8. The van der Waals surface area contributed by atoms with Crippen molar-refractivity contribution in [3.63, 3.8) is 0 Å². The van der Waals surface area contributed by atoms with Crippen LogP contribution in [0.4, 0.5) is 5.69 Å². The average Bonchev–Trinajstić information content (AvgIpc) is 3.12. The topological polar surface area (TPSA) is 99.5 Å². The first-order chi connectivity index (χ1) is 18.3. The Labute approximate surface area is 227 Å². The summed E-state index contributed by atoms with van der Waals surface area (Å²) in [6, 6.07) is 14.6. The maximum Gasteiger partial charge on any atom is 0.175 e. The zero-order valence-corrected chi connectivity index (χ0v) is 23.4. The second-order valence-corrected chi connectivity index (χ2v) is 12.9. The van der Waals surface area contributed by atoms with Crippen molar-refractivity contribution in [1.29, 1.82) is 0 Å². The molecule has 5 N–H and O–H groups in total. The lowest BCUT2D eigenvalue weighted by atomic mass is 9.89. The van der Waals surface area contributed by atoms with Gasteiger partial charge in [0.05, 0.1) is 16.6 Å². The molecule has 0 aromatic heterocycles. The summed E-state index contributed by atoms with van der Waals surface area (Å²) in [6.07, 6.45) is 12.4. The molecule has 2 aromatic rings. The van der Waals surface area contributed by atoms with E-state index in [2.05, 4.69) is 45.2 Å². The molecule has 7 nitrogen and oxygen atoms in total. The molecule has 1 aliphatic carbocycles. The molecule has 38 heavy (non-hydrogen) atoms. The van der Waals surface area contributed by atoms with Crippen LogP contribution in [0.3, 0.4) is 0 Å². The van der Waals surface area contributed by atoms with Gasteiger partial charge in [-0.2, -0.15) is 0 Å². The summed E-state index contributed by atoms with van der Waals surface area (Å²) in [4.78, 5) is 2.99. The first-order valence-corrected chi connectivity index (χ1v) is 15.8.